The fourth-order valence-corrected chi connectivity index (χ4v) is 3.22. The molecule has 1 unspecified atom stereocenters. The maximum absolute atomic E-state index is 14.2. The molecule has 3 nitrogen and oxygen atoms in total. The molecule has 1 aliphatic rings. The molecule has 1 atom stereocenters. The molecule has 0 bridgehead atoms. The lowest BCUT2D eigenvalue weighted by Crippen LogP contribution is -2.55. The summed E-state index contributed by atoms with van der Waals surface area (Å²) in [6, 6.07) is 4.48. The summed E-state index contributed by atoms with van der Waals surface area (Å²) in [7, 11) is 0. The lowest BCUT2D eigenvalue weighted by molar-refractivity contribution is 0.0596. The molecule has 20 heavy (non-hydrogen) atoms. The Morgan fingerprint density at radius 3 is 2.50 bits per heavy atom. The van der Waals surface area contributed by atoms with Crippen LogP contribution < -0.4 is 11.3 Å². The Balaban J connectivity index is 2.29. The van der Waals surface area contributed by atoms with Gasteiger partial charge in [-0.1, -0.05) is 24.1 Å². The minimum Gasteiger partial charge on any atom is -0.296 e. The number of likely N-dealkylation sites (tertiary alicyclic amines) is 1. The summed E-state index contributed by atoms with van der Waals surface area (Å²) in [5.41, 5.74) is 3.09. The van der Waals surface area contributed by atoms with Crippen molar-refractivity contribution in [1.82, 2.24) is 10.3 Å². The molecule has 0 aromatic heterocycles. The smallest absolute Gasteiger partial charge is 0.129 e. The van der Waals surface area contributed by atoms with Gasteiger partial charge in [-0.3, -0.25) is 16.2 Å². The molecule has 0 radical (unpaired) electrons. The number of nitrogens with zero attached hydrogens (tertiary/aromatic N) is 1. The lowest BCUT2D eigenvalue weighted by atomic mass is 9.85. The van der Waals surface area contributed by atoms with Gasteiger partial charge in [0.05, 0.1) is 6.04 Å². The number of rotatable bonds is 4. The standard InChI is InChI=1S/C15H23ClFN3/c1-15(2,20-8-4-3-5-9-20)14(19-18)12-7-6-11(16)10-13(12)17/h6-7,10,14,19H,3-5,8-9,18H2,1-2H3. The zero-order valence-electron chi connectivity index (χ0n) is 12.1. The number of benzene rings is 1. The molecule has 112 valence electrons. The van der Waals surface area contributed by atoms with Gasteiger partial charge >= 0.3 is 0 Å². The van der Waals surface area contributed by atoms with Crippen molar-refractivity contribution in [2.24, 2.45) is 5.84 Å². The van der Waals surface area contributed by atoms with Crippen LogP contribution in [0.2, 0.25) is 5.02 Å². The van der Waals surface area contributed by atoms with Gasteiger partial charge in [0.15, 0.2) is 0 Å². The summed E-state index contributed by atoms with van der Waals surface area (Å²) in [4.78, 5) is 2.38. The van der Waals surface area contributed by atoms with E-state index in [2.05, 4.69) is 24.2 Å². The van der Waals surface area contributed by atoms with E-state index >= 15 is 0 Å². The average Bonchev–Trinajstić information content (AvgIpc) is 2.43. The molecule has 5 heteroatoms. The lowest BCUT2D eigenvalue weighted by Gasteiger charge is -2.46. The number of nitrogens with two attached hydrogens (primary N) is 1. The van der Waals surface area contributed by atoms with E-state index < -0.39 is 0 Å². The number of hydrazine groups is 1. The van der Waals surface area contributed by atoms with Crippen molar-refractivity contribution >= 4 is 11.6 Å². The zero-order chi connectivity index (χ0) is 14.8. The predicted octanol–water partition coefficient (Wildman–Crippen LogP) is 3.25. The van der Waals surface area contributed by atoms with E-state index in [0.717, 1.165) is 13.1 Å². The fraction of sp³-hybridized carbons (Fsp3) is 0.600. The summed E-state index contributed by atoms with van der Waals surface area (Å²) in [6.07, 6.45) is 3.64. The highest BCUT2D eigenvalue weighted by molar-refractivity contribution is 6.30. The summed E-state index contributed by atoms with van der Waals surface area (Å²) in [6.45, 7) is 6.27. The van der Waals surface area contributed by atoms with Gasteiger partial charge in [-0.2, -0.15) is 0 Å². The Kier molecular flexibility index (Phi) is 5.02. The van der Waals surface area contributed by atoms with Crippen LogP contribution in [-0.2, 0) is 0 Å². The topological polar surface area (TPSA) is 41.3 Å². The molecule has 0 saturated carbocycles. The first kappa shape index (κ1) is 15.7. The Labute approximate surface area is 125 Å². The number of hydrogen-bond donors (Lipinski definition) is 2. The number of hydrogen-bond acceptors (Lipinski definition) is 3. The average molecular weight is 300 g/mol. The summed E-state index contributed by atoms with van der Waals surface area (Å²) >= 11 is 5.83. The highest BCUT2D eigenvalue weighted by Gasteiger charge is 2.37. The molecule has 0 aliphatic carbocycles. The summed E-state index contributed by atoms with van der Waals surface area (Å²) in [5, 5.41) is 0.401. The van der Waals surface area contributed by atoms with Gasteiger partial charge < -0.3 is 0 Å². The largest absolute Gasteiger partial charge is 0.296 e. The van der Waals surface area contributed by atoms with E-state index in [9.17, 15) is 4.39 Å². The van der Waals surface area contributed by atoms with Gasteiger partial charge in [0, 0.05) is 16.1 Å². The van der Waals surface area contributed by atoms with Gasteiger partial charge in [0.1, 0.15) is 5.82 Å². The second-order valence-electron chi connectivity index (χ2n) is 5.97. The van der Waals surface area contributed by atoms with Crippen molar-refractivity contribution in [3.8, 4) is 0 Å². The molecule has 3 N–H and O–H groups in total. The Morgan fingerprint density at radius 2 is 1.95 bits per heavy atom. The van der Waals surface area contributed by atoms with Crippen LogP contribution in [0.15, 0.2) is 18.2 Å². The second-order valence-corrected chi connectivity index (χ2v) is 6.40. The van der Waals surface area contributed by atoms with Crippen LogP contribution in [-0.4, -0.2) is 23.5 Å². The van der Waals surface area contributed by atoms with E-state index in [1.54, 1.807) is 12.1 Å². The SMILES string of the molecule is CC(C)(C(NN)c1ccc(Cl)cc1F)N1CCCCC1. The molecule has 2 rings (SSSR count). The number of halogens is 2. The van der Waals surface area contributed by atoms with Gasteiger partial charge in [-0.25, -0.2) is 4.39 Å². The van der Waals surface area contributed by atoms with E-state index in [0.29, 0.717) is 10.6 Å². The third kappa shape index (κ3) is 3.14. The Bertz CT molecular complexity index is 458. The highest BCUT2D eigenvalue weighted by atomic mass is 35.5. The molecule has 1 saturated heterocycles. The van der Waals surface area contributed by atoms with Gasteiger partial charge in [0.2, 0.25) is 0 Å². The van der Waals surface area contributed by atoms with Gasteiger partial charge in [-0.15, -0.1) is 0 Å². The monoisotopic (exact) mass is 299 g/mol. The van der Waals surface area contributed by atoms with Crippen molar-refractivity contribution in [2.45, 2.75) is 44.7 Å². The first-order valence-corrected chi connectivity index (χ1v) is 7.50. The van der Waals surface area contributed by atoms with Crippen LogP contribution in [0.1, 0.15) is 44.7 Å². The van der Waals surface area contributed by atoms with Crippen molar-refractivity contribution in [2.75, 3.05) is 13.1 Å². The van der Waals surface area contributed by atoms with E-state index in [1.165, 1.54) is 25.3 Å². The van der Waals surface area contributed by atoms with E-state index in [4.69, 9.17) is 17.4 Å². The molecular formula is C15H23ClFN3. The molecule has 1 fully saturated rings. The third-order valence-electron chi connectivity index (χ3n) is 4.32. The quantitative estimate of drug-likeness (QED) is 0.662. The van der Waals surface area contributed by atoms with Gasteiger partial charge in [0.25, 0.3) is 0 Å². The number of nitrogens with one attached hydrogen (secondary N) is 1. The zero-order valence-corrected chi connectivity index (χ0v) is 12.9. The van der Waals surface area contributed by atoms with Crippen LogP contribution in [0.25, 0.3) is 0 Å². The summed E-state index contributed by atoms with van der Waals surface area (Å²) < 4.78 is 14.2. The first-order valence-electron chi connectivity index (χ1n) is 7.13. The van der Waals surface area contributed by atoms with E-state index in [1.807, 2.05) is 0 Å². The van der Waals surface area contributed by atoms with Crippen LogP contribution in [0.5, 0.6) is 0 Å². The Morgan fingerprint density at radius 1 is 1.30 bits per heavy atom. The molecule has 1 aromatic rings. The Hall–Kier alpha value is -0.680. The van der Waals surface area contributed by atoms with Crippen LogP contribution >= 0.6 is 11.6 Å². The molecule has 1 aliphatic heterocycles. The van der Waals surface area contributed by atoms with Gasteiger partial charge in [-0.05, 0) is 51.9 Å². The minimum absolute atomic E-state index is 0.260. The molecular weight excluding hydrogens is 277 g/mol. The third-order valence-corrected chi connectivity index (χ3v) is 4.55. The number of piperidine rings is 1. The first-order chi connectivity index (χ1) is 9.46. The van der Waals surface area contributed by atoms with Crippen LogP contribution in [0.3, 0.4) is 0 Å². The molecule has 1 heterocycles. The maximum atomic E-state index is 14.2. The molecule has 0 amide bonds. The normalized spacial score (nSPS) is 19.1. The molecule has 0 spiro atoms. The second kappa shape index (κ2) is 6.39. The highest BCUT2D eigenvalue weighted by Crippen LogP contribution is 2.34. The summed E-state index contributed by atoms with van der Waals surface area (Å²) in [5.74, 6) is 5.41. The minimum atomic E-state index is -0.314. The fourth-order valence-electron chi connectivity index (χ4n) is 3.06. The van der Waals surface area contributed by atoms with Crippen molar-refractivity contribution in [3.05, 3.63) is 34.6 Å². The van der Waals surface area contributed by atoms with Crippen LogP contribution in [0, 0.1) is 5.82 Å². The van der Waals surface area contributed by atoms with Crippen molar-refractivity contribution in [1.29, 1.82) is 0 Å². The van der Waals surface area contributed by atoms with E-state index in [-0.39, 0.29) is 17.4 Å². The maximum Gasteiger partial charge on any atom is 0.129 e. The van der Waals surface area contributed by atoms with Crippen molar-refractivity contribution < 1.29 is 4.39 Å². The van der Waals surface area contributed by atoms with Crippen LogP contribution in [0.4, 0.5) is 4.39 Å². The van der Waals surface area contributed by atoms with Crippen molar-refractivity contribution in [3.63, 3.8) is 0 Å². The predicted molar refractivity (Wildman–Crippen MR) is 81.0 cm³/mol. The molecule has 1 aromatic carbocycles.